The number of carbonyl (C=O) groups is 1. The van der Waals surface area contributed by atoms with E-state index >= 15 is 0 Å². The summed E-state index contributed by atoms with van der Waals surface area (Å²) < 4.78 is 6.66. The predicted molar refractivity (Wildman–Crippen MR) is 99.5 cm³/mol. The number of hydrogen-bond acceptors (Lipinski definition) is 5. The fraction of sp³-hybridized carbons (Fsp3) is 0.100. The Kier molecular flexibility index (Phi) is 4.49. The predicted octanol–water partition coefficient (Wildman–Crippen LogP) is 3.07. The lowest BCUT2D eigenvalue weighted by Crippen LogP contribution is -2.22. The normalized spacial score (nSPS) is 10.7. The van der Waals surface area contributed by atoms with Crippen molar-refractivity contribution in [1.29, 1.82) is 0 Å². The number of pyridine rings is 1. The van der Waals surface area contributed by atoms with Crippen molar-refractivity contribution < 1.29 is 9.32 Å². The Morgan fingerprint density at radius 1 is 1.11 bits per heavy atom. The Hall–Kier alpha value is -3.74. The van der Waals surface area contributed by atoms with Gasteiger partial charge in [-0.1, -0.05) is 23.4 Å². The van der Waals surface area contributed by atoms with Crippen LogP contribution in [-0.2, 0) is 13.6 Å². The zero-order valence-electron chi connectivity index (χ0n) is 14.7. The molecule has 1 aromatic carbocycles. The minimum atomic E-state index is -0.298. The average molecular weight is 359 g/mol. The van der Waals surface area contributed by atoms with Crippen molar-refractivity contribution in [1.82, 2.24) is 25.2 Å². The van der Waals surface area contributed by atoms with Crippen LogP contribution in [0.15, 0.2) is 71.8 Å². The van der Waals surface area contributed by atoms with E-state index in [4.69, 9.17) is 4.52 Å². The Morgan fingerprint density at radius 3 is 2.74 bits per heavy atom. The van der Waals surface area contributed by atoms with Crippen molar-refractivity contribution in [2.75, 3.05) is 0 Å². The fourth-order valence-electron chi connectivity index (χ4n) is 2.88. The minimum Gasteiger partial charge on any atom is -0.351 e. The van der Waals surface area contributed by atoms with Gasteiger partial charge in [-0.3, -0.25) is 14.5 Å². The molecule has 4 aromatic rings. The fourth-order valence-corrected chi connectivity index (χ4v) is 2.88. The van der Waals surface area contributed by atoms with E-state index in [2.05, 4.69) is 20.6 Å². The molecule has 3 heterocycles. The molecular formula is C20H17N5O2. The standard InChI is InChI=1S/C20H17N5O2/c1-25-13-17(15-5-8-21-9-6-15)19(24-25)16-4-2-3-14(11-16)12-22-20(26)18-7-10-23-27-18/h2-11,13H,12H2,1H3,(H,22,26). The Bertz CT molecular complexity index is 1060. The molecule has 134 valence electrons. The van der Waals surface area contributed by atoms with Crippen LogP contribution in [-0.4, -0.2) is 25.8 Å². The highest BCUT2D eigenvalue weighted by Crippen LogP contribution is 2.30. The van der Waals surface area contributed by atoms with Crippen molar-refractivity contribution in [2.24, 2.45) is 7.05 Å². The summed E-state index contributed by atoms with van der Waals surface area (Å²) in [6.07, 6.45) is 6.96. The van der Waals surface area contributed by atoms with Crippen LogP contribution in [0.2, 0.25) is 0 Å². The molecule has 27 heavy (non-hydrogen) atoms. The number of benzene rings is 1. The number of hydrogen-bond donors (Lipinski definition) is 1. The first-order valence-electron chi connectivity index (χ1n) is 8.43. The summed E-state index contributed by atoms with van der Waals surface area (Å²) in [6, 6.07) is 13.4. The number of carbonyl (C=O) groups excluding carboxylic acids is 1. The third-order valence-corrected chi connectivity index (χ3v) is 4.14. The molecule has 0 atom stereocenters. The van der Waals surface area contributed by atoms with Gasteiger partial charge in [-0.25, -0.2) is 0 Å². The monoisotopic (exact) mass is 359 g/mol. The van der Waals surface area contributed by atoms with Gasteiger partial charge in [0.05, 0.1) is 6.20 Å². The first-order chi connectivity index (χ1) is 13.2. The Morgan fingerprint density at radius 2 is 1.96 bits per heavy atom. The largest absolute Gasteiger partial charge is 0.351 e. The molecule has 0 aliphatic rings. The summed E-state index contributed by atoms with van der Waals surface area (Å²) in [5.41, 5.74) is 4.91. The molecule has 0 spiro atoms. The molecule has 7 nitrogen and oxygen atoms in total. The van der Waals surface area contributed by atoms with Gasteiger partial charge in [0.2, 0.25) is 5.76 Å². The van der Waals surface area contributed by atoms with Crippen molar-refractivity contribution in [2.45, 2.75) is 6.54 Å². The topological polar surface area (TPSA) is 85.8 Å². The van der Waals surface area contributed by atoms with Crippen molar-refractivity contribution in [3.05, 3.63) is 78.6 Å². The summed E-state index contributed by atoms with van der Waals surface area (Å²) >= 11 is 0. The number of nitrogens with one attached hydrogen (secondary N) is 1. The van der Waals surface area contributed by atoms with Gasteiger partial charge in [0, 0.05) is 49.4 Å². The van der Waals surface area contributed by atoms with Gasteiger partial charge in [0.1, 0.15) is 5.69 Å². The van der Waals surface area contributed by atoms with Crippen LogP contribution in [0.4, 0.5) is 0 Å². The summed E-state index contributed by atoms with van der Waals surface area (Å²) in [6.45, 7) is 0.380. The van der Waals surface area contributed by atoms with Crippen LogP contribution in [0.1, 0.15) is 16.1 Å². The molecule has 3 aromatic heterocycles. The van der Waals surface area contributed by atoms with E-state index in [1.807, 2.05) is 49.6 Å². The van der Waals surface area contributed by atoms with E-state index in [0.29, 0.717) is 6.54 Å². The van der Waals surface area contributed by atoms with Gasteiger partial charge in [-0.15, -0.1) is 0 Å². The Balaban J connectivity index is 1.59. The molecule has 0 saturated carbocycles. The lowest BCUT2D eigenvalue weighted by Gasteiger charge is -2.07. The molecule has 7 heteroatoms. The maximum Gasteiger partial charge on any atom is 0.290 e. The molecule has 0 bridgehead atoms. The van der Waals surface area contributed by atoms with Gasteiger partial charge in [-0.05, 0) is 29.3 Å². The van der Waals surface area contributed by atoms with E-state index in [0.717, 1.165) is 27.9 Å². The number of aromatic nitrogens is 4. The van der Waals surface area contributed by atoms with E-state index in [9.17, 15) is 4.79 Å². The van der Waals surface area contributed by atoms with E-state index in [-0.39, 0.29) is 11.7 Å². The second kappa shape index (κ2) is 7.25. The molecule has 1 N–H and O–H groups in total. The SMILES string of the molecule is Cn1cc(-c2ccncc2)c(-c2cccc(CNC(=O)c3ccno3)c2)n1. The summed E-state index contributed by atoms with van der Waals surface area (Å²) in [7, 11) is 1.90. The second-order valence-electron chi connectivity index (χ2n) is 6.06. The van der Waals surface area contributed by atoms with E-state index in [1.165, 1.54) is 12.3 Å². The van der Waals surface area contributed by atoms with Crippen LogP contribution in [0, 0.1) is 0 Å². The molecule has 0 aliphatic carbocycles. The van der Waals surface area contributed by atoms with Gasteiger partial charge in [-0.2, -0.15) is 5.10 Å². The maximum atomic E-state index is 12.0. The molecule has 4 rings (SSSR count). The Labute approximate surface area is 155 Å². The van der Waals surface area contributed by atoms with E-state index < -0.39 is 0 Å². The van der Waals surface area contributed by atoms with Gasteiger partial charge in [0.15, 0.2) is 0 Å². The van der Waals surface area contributed by atoms with Crippen molar-refractivity contribution in [3.8, 4) is 22.4 Å². The summed E-state index contributed by atoms with van der Waals surface area (Å²) in [5, 5.41) is 11.0. The highest BCUT2D eigenvalue weighted by molar-refractivity contribution is 5.91. The zero-order valence-corrected chi connectivity index (χ0v) is 14.7. The minimum absolute atomic E-state index is 0.191. The number of nitrogens with zero attached hydrogens (tertiary/aromatic N) is 4. The average Bonchev–Trinajstić information content (AvgIpc) is 3.37. The molecule has 1 amide bonds. The molecular weight excluding hydrogens is 342 g/mol. The van der Waals surface area contributed by atoms with Crippen LogP contribution in [0.25, 0.3) is 22.4 Å². The number of rotatable bonds is 5. The van der Waals surface area contributed by atoms with E-state index in [1.54, 1.807) is 17.1 Å². The van der Waals surface area contributed by atoms with Gasteiger partial charge >= 0.3 is 0 Å². The maximum absolute atomic E-state index is 12.0. The third kappa shape index (κ3) is 3.62. The smallest absolute Gasteiger partial charge is 0.290 e. The lowest BCUT2D eigenvalue weighted by molar-refractivity contribution is 0.0914. The highest BCUT2D eigenvalue weighted by atomic mass is 16.5. The summed E-state index contributed by atoms with van der Waals surface area (Å²) in [5.74, 6) is -0.107. The molecule has 0 saturated heterocycles. The highest BCUT2D eigenvalue weighted by Gasteiger charge is 2.13. The number of amides is 1. The van der Waals surface area contributed by atoms with Gasteiger partial charge in [0.25, 0.3) is 5.91 Å². The van der Waals surface area contributed by atoms with Crippen LogP contribution in [0.5, 0.6) is 0 Å². The van der Waals surface area contributed by atoms with Crippen molar-refractivity contribution in [3.63, 3.8) is 0 Å². The quantitative estimate of drug-likeness (QED) is 0.592. The number of aryl methyl sites for hydroxylation is 1. The van der Waals surface area contributed by atoms with Gasteiger partial charge < -0.3 is 9.84 Å². The summed E-state index contributed by atoms with van der Waals surface area (Å²) in [4.78, 5) is 16.1. The van der Waals surface area contributed by atoms with Crippen LogP contribution in [0.3, 0.4) is 0 Å². The first-order valence-corrected chi connectivity index (χ1v) is 8.43. The molecule has 0 radical (unpaired) electrons. The third-order valence-electron chi connectivity index (χ3n) is 4.14. The van der Waals surface area contributed by atoms with Crippen LogP contribution >= 0.6 is 0 Å². The molecule has 0 unspecified atom stereocenters. The lowest BCUT2D eigenvalue weighted by atomic mass is 10.0. The molecule has 0 aliphatic heterocycles. The molecule has 0 fully saturated rings. The first kappa shape index (κ1) is 16.7. The van der Waals surface area contributed by atoms with Crippen LogP contribution < -0.4 is 5.32 Å². The zero-order chi connectivity index (χ0) is 18.6. The second-order valence-corrected chi connectivity index (χ2v) is 6.06. The van der Waals surface area contributed by atoms with Crippen molar-refractivity contribution >= 4 is 5.91 Å².